The van der Waals surface area contributed by atoms with Gasteiger partial charge in [0.15, 0.2) is 17.3 Å². The van der Waals surface area contributed by atoms with E-state index in [4.69, 9.17) is 25.8 Å². The summed E-state index contributed by atoms with van der Waals surface area (Å²) in [7, 11) is 4.92. The fourth-order valence-corrected chi connectivity index (χ4v) is 3.11. The highest BCUT2D eigenvalue weighted by Crippen LogP contribution is 2.27. The Morgan fingerprint density at radius 1 is 1.29 bits per heavy atom. The summed E-state index contributed by atoms with van der Waals surface area (Å²) in [6.07, 6.45) is 0.371. The van der Waals surface area contributed by atoms with Crippen LogP contribution in [-0.2, 0) is 9.53 Å². The third-order valence-electron chi connectivity index (χ3n) is 4.21. The maximum atomic E-state index is 11.8. The van der Waals surface area contributed by atoms with Gasteiger partial charge in [0.2, 0.25) is 0 Å². The normalized spacial score (nSPS) is 23.2. The Kier molecular flexibility index (Phi) is 4.73. The van der Waals surface area contributed by atoms with Gasteiger partial charge in [-0.3, -0.25) is 0 Å². The van der Waals surface area contributed by atoms with E-state index < -0.39 is 0 Å². The van der Waals surface area contributed by atoms with E-state index in [1.807, 2.05) is 7.05 Å². The van der Waals surface area contributed by atoms with Crippen LogP contribution in [0.25, 0.3) is 11.0 Å². The molecule has 1 aliphatic rings. The summed E-state index contributed by atoms with van der Waals surface area (Å²) in [5.74, 6) is 0.709. The number of ether oxygens (including phenoxy) is 3. The molecule has 0 spiro atoms. The Hall–Kier alpha value is -2.12. The summed E-state index contributed by atoms with van der Waals surface area (Å²) in [6.45, 7) is 0.661. The third-order valence-corrected chi connectivity index (χ3v) is 4.45. The molecule has 1 aromatic carbocycles. The van der Waals surface area contributed by atoms with Crippen LogP contribution >= 0.6 is 11.6 Å². The summed E-state index contributed by atoms with van der Waals surface area (Å²) in [5, 5.41) is 0.201. The van der Waals surface area contributed by atoms with Crippen molar-refractivity contribution in [2.75, 3.05) is 27.8 Å². The van der Waals surface area contributed by atoms with Gasteiger partial charge < -0.3 is 19.1 Å². The number of carbonyl (C=O) groups excluding carboxylic acids is 1. The minimum Gasteiger partial charge on any atom is -0.497 e. The standard InChI is InChI=1S/C16H18ClN3O4/c1-20-8-10(7-13(20)16(21)23-3)24-15-14(17)18-11-5-4-9(22-2)6-12(11)19-15/h4-6,10,13H,7-8H2,1-3H3/p+1/t10-,13+/m1/s1. The molecule has 0 amide bonds. The van der Waals surface area contributed by atoms with Crippen molar-refractivity contribution in [2.45, 2.75) is 18.6 Å². The van der Waals surface area contributed by atoms with E-state index in [-0.39, 0.29) is 29.1 Å². The van der Waals surface area contributed by atoms with Crippen molar-refractivity contribution in [3.8, 4) is 11.6 Å². The van der Waals surface area contributed by atoms with Gasteiger partial charge >= 0.3 is 5.97 Å². The fourth-order valence-electron chi connectivity index (χ4n) is 2.93. The molecule has 1 aliphatic heterocycles. The summed E-state index contributed by atoms with van der Waals surface area (Å²) >= 11 is 6.19. The molecule has 2 aromatic rings. The van der Waals surface area contributed by atoms with Crippen molar-refractivity contribution in [1.82, 2.24) is 9.97 Å². The highest BCUT2D eigenvalue weighted by atomic mass is 35.5. The monoisotopic (exact) mass is 352 g/mol. The van der Waals surface area contributed by atoms with Gasteiger partial charge in [-0.25, -0.2) is 14.8 Å². The number of rotatable bonds is 4. The van der Waals surface area contributed by atoms with Crippen molar-refractivity contribution < 1.29 is 23.9 Å². The average Bonchev–Trinajstić information content (AvgIpc) is 2.94. The second kappa shape index (κ2) is 6.78. The molecule has 8 heteroatoms. The van der Waals surface area contributed by atoms with Crippen LogP contribution < -0.4 is 14.4 Å². The minimum atomic E-state index is -0.243. The number of likely N-dealkylation sites (tertiary alicyclic amines) is 1. The highest BCUT2D eigenvalue weighted by molar-refractivity contribution is 6.31. The van der Waals surface area contributed by atoms with E-state index >= 15 is 0 Å². The fraction of sp³-hybridized carbons (Fsp3) is 0.438. The molecule has 1 fully saturated rings. The number of quaternary nitrogens is 1. The van der Waals surface area contributed by atoms with E-state index in [1.54, 1.807) is 25.3 Å². The number of fused-ring (bicyclic) bond motifs is 1. The Bertz CT molecular complexity index is 770. The zero-order chi connectivity index (χ0) is 17.3. The van der Waals surface area contributed by atoms with Crippen LogP contribution in [0.1, 0.15) is 6.42 Å². The highest BCUT2D eigenvalue weighted by Gasteiger charge is 2.41. The maximum absolute atomic E-state index is 11.8. The maximum Gasteiger partial charge on any atom is 0.364 e. The van der Waals surface area contributed by atoms with E-state index in [0.29, 0.717) is 29.7 Å². The lowest BCUT2D eigenvalue weighted by Gasteiger charge is -2.13. The molecule has 0 aliphatic carbocycles. The largest absolute Gasteiger partial charge is 0.497 e. The number of nitrogens with zero attached hydrogens (tertiary/aromatic N) is 2. The number of likely N-dealkylation sites (N-methyl/N-ethyl adjacent to an activating group) is 1. The second-order valence-corrected chi connectivity index (χ2v) is 6.13. The van der Waals surface area contributed by atoms with Gasteiger partial charge in [-0.1, -0.05) is 11.6 Å². The van der Waals surface area contributed by atoms with Gasteiger partial charge in [-0.15, -0.1) is 0 Å². The Morgan fingerprint density at radius 3 is 2.79 bits per heavy atom. The lowest BCUT2D eigenvalue weighted by atomic mass is 10.2. The molecule has 1 saturated heterocycles. The average molecular weight is 353 g/mol. The van der Waals surface area contributed by atoms with Crippen LogP contribution in [0.4, 0.5) is 0 Å². The second-order valence-electron chi connectivity index (χ2n) is 5.78. The van der Waals surface area contributed by atoms with Crippen molar-refractivity contribution in [3.63, 3.8) is 0 Å². The quantitative estimate of drug-likeness (QED) is 0.808. The molecule has 2 heterocycles. The summed E-state index contributed by atoms with van der Waals surface area (Å²) < 4.78 is 15.9. The van der Waals surface area contributed by atoms with E-state index in [2.05, 4.69) is 9.97 Å². The molecule has 0 radical (unpaired) electrons. The van der Waals surface area contributed by atoms with Crippen LogP contribution in [0.5, 0.6) is 11.6 Å². The van der Waals surface area contributed by atoms with Crippen LogP contribution in [0.15, 0.2) is 18.2 Å². The number of benzene rings is 1. The number of carbonyl (C=O) groups is 1. The van der Waals surface area contributed by atoms with Gasteiger partial charge in [-0.2, -0.15) is 0 Å². The lowest BCUT2D eigenvalue weighted by molar-refractivity contribution is -0.884. The van der Waals surface area contributed by atoms with Gasteiger partial charge in [0.05, 0.1) is 38.7 Å². The molecule has 1 aromatic heterocycles. The first kappa shape index (κ1) is 16.7. The summed E-state index contributed by atoms with van der Waals surface area (Å²) in [4.78, 5) is 21.6. The Labute approximate surface area is 144 Å². The smallest absolute Gasteiger partial charge is 0.364 e. The minimum absolute atomic E-state index is 0.177. The number of methoxy groups -OCH3 is 2. The van der Waals surface area contributed by atoms with Gasteiger partial charge in [0, 0.05) is 6.07 Å². The van der Waals surface area contributed by atoms with Crippen molar-refractivity contribution >= 4 is 28.6 Å². The molecule has 1 N–H and O–H groups in total. The number of aromatic nitrogens is 2. The Morgan fingerprint density at radius 2 is 2.08 bits per heavy atom. The number of hydrogen-bond acceptors (Lipinski definition) is 6. The molecule has 0 saturated carbocycles. The summed E-state index contributed by atoms with van der Waals surface area (Å²) in [6, 6.07) is 5.11. The first-order chi connectivity index (χ1) is 11.5. The molecule has 1 unspecified atom stereocenters. The molecule has 3 rings (SSSR count). The Balaban J connectivity index is 1.82. The first-order valence-electron chi connectivity index (χ1n) is 7.60. The third kappa shape index (κ3) is 3.22. The van der Waals surface area contributed by atoms with Gasteiger partial charge in [-0.05, 0) is 12.1 Å². The van der Waals surface area contributed by atoms with E-state index in [1.165, 1.54) is 7.11 Å². The molecular weight excluding hydrogens is 334 g/mol. The molecule has 3 atom stereocenters. The van der Waals surface area contributed by atoms with E-state index in [9.17, 15) is 4.79 Å². The number of esters is 1. The van der Waals surface area contributed by atoms with Crippen molar-refractivity contribution in [3.05, 3.63) is 23.4 Å². The predicted molar refractivity (Wildman–Crippen MR) is 87.7 cm³/mol. The van der Waals surface area contributed by atoms with Gasteiger partial charge in [0.25, 0.3) is 5.88 Å². The summed E-state index contributed by atoms with van der Waals surface area (Å²) in [5.41, 5.74) is 1.30. The zero-order valence-electron chi connectivity index (χ0n) is 13.7. The van der Waals surface area contributed by atoms with Crippen LogP contribution in [0.3, 0.4) is 0 Å². The first-order valence-corrected chi connectivity index (χ1v) is 7.97. The number of nitrogens with one attached hydrogen (secondary N) is 1. The number of halogens is 1. The van der Waals surface area contributed by atoms with E-state index in [0.717, 1.165) is 4.90 Å². The lowest BCUT2D eigenvalue weighted by Crippen LogP contribution is -3.12. The van der Waals surface area contributed by atoms with Crippen LogP contribution in [0.2, 0.25) is 5.15 Å². The van der Waals surface area contributed by atoms with Crippen LogP contribution in [-0.4, -0.2) is 55.9 Å². The topological polar surface area (TPSA) is 75.0 Å². The van der Waals surface area contributed by atoms with Gasteiger partial charge in [0.1, 0.15) is 12.3 Å². The number of hydrogen-bond donors (Lipinski definition) is 1. The zero-order valence-corrected chi connectivity index (χ0v) is 14.5. The molecule has 128 valence electrons. The molecule has 24 heavy (non-hydrogen) atoms. The van der Waals surface area contributed by atoms with Crippen molar-refractivity contribution in [1.29, 1.82) is 0 Å². The van der Waals surface area contributed by atoms with Crippen LogP contribution in [0, 0.1) is 0 Å². The SMILES string of the molecule is COC(=O)[C@@H]1C[C@@H](Oc2nc3cc(OC)ccc3nc2Cl)C[NH+]1C. The predicted octanol–water partition coefficient (Wildman–Crippen LogP) is 0.499. The van der Waals surface area contributed by atoms with Crippen molar-refractivity contribution in [2.24, 2.45) is 0 Å². The molecule has 0 bridgehead atoms. The molecule has 7 nitrogen and oxygen atoms in total. The molecular formula is C16H19ClN3O4+.